The van der Waals surface area contributed by atoms with Crippen LogP contribution in [0.25, 0.3) is 0 Å². The number of hydrogen-bond donors (Lipinski definition) is 0. The first-order valence-corrected chi connectivity index (χ1v) is 16.7. The van der Waals surface area contributed by atoms with Gasteiger partial charge in [0.2, 0.25) is 0 Å². The minimum Gasteiger partial charge on any atom is -0.748 e. The van der Waals surface area contributed by atoms with E-state index in [0.717, 1.165) is 11.3 Å². The van der Waals surface area contributed by atoms with Crippen LogP contribution in [0.1, 0.15) is 111 Å². The Kier molecular flexibility index (Phi) is 12.6. The van der Waals surface area contributed by atoms with Gasteiger partial charge in [-0.05, 0) is 47.3 Å². The zero-order chi connectivity index (χ0) is 23.9. The zero-order valence-electron chi connectivity index (χ0n) is 22.8. The standard InChI is InChI=1S/C26H45P2.C5H5.Fe/c1-25(2,3)27(26(4,5)6)20-21-14-13-19-24(21)28(22-15-9-7-10-16-22)23-17-11-8-12-18-23;1-2-4-5-3-1;/h13-14,19,22-23H,7-12,15-18,20H2,1-6H3;1-5H;/q-1;-5;. The molecule has 2 aliphatic carbocycles. The van der Waals surface area contributed by atoms with E-state index in [-0.39, 0.29) is 32.9 Å². The molecular formula is C31H50FeP2-6. The molecule has 2 fully saturated rings. The summed E-state index contributed by atoms with van der Waals surface area (Å²) in [6.07, 6.45) is 16.3. The predicted molar refractivity (Wildman–Crippen MR) is 154 cm³/mol. The van der Waals surface area contributed by atoms with Gasteiger partial charge in [-0.2, -0.15) is 6.07 Å². The summed E-state index contributed by atoms with van der Waals surface area (Å²) >= 11 is 0. The molecule has 0 nitrogen and oxygen atoms in total. The van der Waals surface area contributed by atoms with E-state index < -0.39 is 0 Å². The van der Waals surface area contributed by atoms with Crippen LogP contribution in [0.5, 0.6) is 0 Å². The van der Waals surface area contributed by atoms with Gasteiger partial charge in [0.05, 0.1) is 0 Å². The Morgan fingerprint density at radius 1 is 0.735 bits per heavy atom. The molecular weight excluding hydrogens is 490 g/mol. The van der Waals surface area contributed by atoms with E-state index in [0.29, 0.717) is 10.3 Å². The van der Waals surface area contributed by atoms with E-state index in [4.69, 9.17) is 0 Å². The quantitative estimate of drug-likeness (QED) is 0.201. The summed E-state index contributed by atoms with van der Waals surface area (Å²) in [4.78, 5) is 0. The third-order valence-corrected chi connectivity index (χ3v) is 15.1. The SMILES string of the molecule is CC(C)(C)P(C[c-]1cccc1P(C1CCCCC1)C1CCCCC1)C(C)(C)C.[Fe].[cH-]1[cH-][cH-][cH-][cH-]1. The van der Waals surface area contributed by atoms with Gasteiger partial charge in [0.15, 0.2) is 0 Å². The van der Waals surface area contributed by atoms with Gasteiger partial charge in [-0.3, -0.25) is 0 Å². The van der Waals surface area contributed by atoms with Gasteiger partial charge < -0.3 is 30.3 Å². The molecule has 2 aromatic carbocycles. The van der Waals surface area contributed by atoms with Crippen molar-refractivity contribution < 1.29 is 17.1 Å². The van der Waals surface area contributed by atoms with Crippen LogP contribution in [0.3, 0.4) is 0 Å². The van der Waals surface area contributed by atoms with Crippen molar-refractivity contribution in [1.29, 1.82) is 0 Å². The monoisotopic (exact) mass is 540 g/mol. The molecule has 2 aliphatic rings. The molecule has 0 heterocycles. The van der Waals surface area contributed by atoms with Gasteiger partial charge in [0.25, 0.3) is 0 Å². The van der Waals surface area contributed by atoms with Crippen molar-refractivity contribution in [2.75, 3.05) is 0 Å². The van der Waals surface area contributed by atoms with Gasteiger partial charge in [0.1, 0.15) is 0 Å². The van der Waals surface area contributed by atoms with E-state index in [9.17, 15) is 0 Å². The van der Waals surface area contributed by atoms with Gasteiger partial charge in [0, 0.05) is 17.1 Å². The number of hydrogen-bond acceptors (Lipinski definition) is 0. The fraction of sp³-hybridized carbons (Fsp3) is 0.677. The maximum absolute atomic E-state index is 2.57. The predicted octanol–water partition coefficient (Wildman–Crippen LogP) is 10.2. The second-order valence-corrected chi connectivity index (χ2v) is 18.9. The third-order valence-electron chi connectivity index (χ3n) is 7.60. The van der Waals surface area contributed by atoms with Crippen LogP contribution in [0.4, 0.5) is 0 Å². The Bertz CT molecular complexity index is 716. The molecule has 4 rings (SSSR count). The maximum Gasteiger partial charge on any atom is 0 e. The molecule has 3 heteroatoms. The van der Waals surface area contributed by atoms with Crippen LogP contribution < -0.4 is 5.30 Å². The summed E-state index contributed by atoms with van der Waals surface area (Å²) in [6, 6.07) is 17.5. The first-order valence-electron chi connectivity index (χ1n) is 13.7. The van der Waals surface area contributed by atoms with Crippen molar-refractivity contribution in [2.45, 2.75) is 134 Å². The molecule has 0 radical (unpaired) electrons. The Hall–Kier alpha value is 0.0795. The van der Waals surface area contributed by atoms with Crippen LogP contribution in [0, 0.1) is 0 Å². The molecule has 0 N–H and O–H groups in total. The summed E-state index contributed by atoms with van der Waals surface area (Å²) in [6.45, 7) is 14.9. The molecule has 0 saturated heterocycles. The Morgan fingerprint density at radius 3 is 1.53 bits per heavy atom. The molecule has 0 bridgehead atoms. The minimum absolute atomic E-state index is 0. The Morgan fingerprint density at radius 2 is 1.15 bits per heavy atom. The van der Waals surface area contributed by atoms with E-state index in [1.165, 1.54) is 70.4 Å². The summed E-state index contributed by atoms with van der Waals surface area (Å²) in [5.74, 6) is 0. The fourth-order valence-electron chi connectivity index (χ4n) is 6.22. The third kappa shape index (κ3) is 8.88. The van der Waals surface area contributed by atoms with Gasteiger partial charge in [-0.15, -0.1) is 18.8 Å². The average Bonchev–Trinajstić information content (AvgIpc) is 3.48. The maximum atomic E-state index is 2.57. The van der Waals surface area contributed by atoms with E-state index in [1.54, 1.807) is 5.56 Å². The minimum atomic E-state index is -0.0588. The van der Waals surface area contributed by atoms with Crippen LogP contribution in [-0.4, -0.2) is 21.6 Å². The van der Waals surface area contributed by atoms with E-state index in [1.807, 2.05) is 35.6 Å². The van der Waals surface area contributed by atoms with Crippen molar-refractivity contribution in [1.82, 2.24) is 0 Å². The molecule has 2 aromatic rings. The van der Waals surface area contributed by atoms with Crippen molar-refractivity contribution >= 4 is 21.1 Å². The van der Waals surface area contributed by atoms with Gasteiger partial charge in [-0.1, -0.05) is 94.2 Å². The molecule has 0 spiro atoms. The van der Waals surface area contributed by atoms with Crippen molar-refractivity contribution in [3.8, 4) is 0 Å². The summed E-state index contributed by atoms with van der Waals surface area (Å²) in [7, 11) is -0.0266. The second kappa shape index (κ2) is 14.1. The molecule has 0 atom stereocenters. The Balaban J connectivity index is 0.000000603. The van der Waals surface area contributed by atoms with Crippen LogP contribution in [-0.2, 0) is 23.2 Å². The summed E-state index contributed by atoms with van der Waals surface area (Å²) < 4.78 is 0. The topological polar surface area (TPSA) is 0 Å². The van der Waals surface area contributed by atoms with Crippen LogP contribution in [0.15, 0.2) is 48.5 Å². The molecule has 34 heavy (non-hydrogen) atoms. The summed E-state index contributed by atoms with van der Waals surface area (Å²) in [5.41, 5.74) is 3.78. The Labute approximate surface area is 225 Å². The molecule has 2 saturated carbocycles. The zero-order valence-corrected chi connectivity index (χ0v) is 25.7. The van der Waals surface area contributed by atoms with Crippen LogP contribution >= 0.6 is 15.8 Å². The normalized spacial score (nSPS) is 18.5. The number of rotatable bonds is 5. The van der Waals surface area contributed by atoms with Crippen molar-refractivity contribution in [3.05, 3.63) is 54.1 Å². The molecule has 0 aromatic heterocycles. The van der Waals surface area contributed by atoms with Gasteiger partial charge in [-0.25, -0.2) is 12.1 Å². The molecule has 198 valence electrons. The van der Waals surface area contributed by atoms with E-state index in [2.05, 4.69) is 59.7 Å². The average molecular weight is 541 g/mol. The van der Waals surface area contributed by atoms with Crippen molar-refractivity contribution in [2.24, 2.45) is 0 Å². The summed E-state index contributed by atoms with van der Waals surface area (Å²) in [5, 5.41) is 2.68. The smallest absolute Gasteiger partial charge is 0 e. The molecule has 0 unspecified atom stereocenters. The van der Waals surface area contributed by atoms with E-state index >= 15 is 0 Å². The molecule has 0 amide bonds. The van der Waals surface area contributed by atoms with Gasteiger partial charge >= 0.3 is 0 Å². The van der Waals surface area contributed by atoms with Crippen LogP contribution in [0.2, 0.25) is 0 Å². The largest absolute Gasteiger partial charge is 0.748 e. The molecule has 0 aliphatic heterocycles. The fourth-order valence-corrected chi connectivity index (χ4v) is 13.9. The first kappa shape index (κ1) is 30.3. The first-order chi connectivity index (χ1) is 15.7. The second-order valence-electron chi connectivity index (χ2n) is 12.3. The van der Waals surface area contributed by atoms with Crippen molar-refractivity contribution in [3.63, 3.8) is 0 Å².